The van der Waals surface area contributed by atoms with Crippen molar-refractivity contribution in [2.45, 2.75) is 31.4 Å². The summed E-state index contributed by atoms with van der Waals surface area (Å²) in [5, 5.41) is 2.84. The van der Waals surface area contributed by atoms with Gasteiger partial charge in [-0.15, -0.1) is 0 Å². The van der Waals surface area contributed by atoms with Crippen molar-refractivity contribution in [1.82, 2.24) is 29.7 Å². The average Bonchev–Trinajstić information content (AvgIpc) is 3.87. The van der Waals surface area contributed by atoms with Crippen LogP contribution in [0, 0.1) is 11.6 Å². The highest BCUT2D eigenvalue weighted by Crippen LogP contribution is 2.30. The number of nitrogens with one attached hydrogen (secondary N) is 1. The van der Waals surface area contributed by atoms with E-state index in [2.05, 4.69) is 15.3 Å². The van der Waals surface area contributed by atoms with Crippen molar-refractivity contribution in [1.29, 1.82) is 0 Å². The number of benzene rings is 3. The Balaban J connectivity index is 0.967. The highest BCUT2D eigenvalue weighted by Gasteiger charge is 2.43. The van der Waals surface area contributed by atoms with E-state index in [9.17, 15) is 32.8 Å². The number of imidazole rings is 1. The second-order valence-electron chi connectivity index (χ2n) is 13.3. The molecule has 15 heteroatoms. The number of pyridine rings is 1. The Morgan fingerprint density at radius 1 is 0.893 bits per heavy atom. The lowest BCUT2D eigenvalue weighted by atomic mass is 10.1. The van der Waals surface area contributed by atoms with Crippen molar-refractivity contribution in [3.05, 3.63) is 125 Å². The molecule has 4 amide bonds. The number of methoxy groups -OCH3 is 1. The number of rotatable bonds is 12. The SMILES string of the molecule is COC(=O)[C@@H]1C[C@H](Oc2cccc(-c3cccc(C(=O)NCCCCN4C(=O)c5ccccc5C4=O)n3)c2)CN1C(=O)c1cnc(-c2ccc(F)cc2F)n1C. The van der Waals surface area contributed by atoms with Crippen molar-refractivity contribution in [3.8, 4) is 28.4 Å². The summed E-state index contributed by atoms with van der Waals surface area (Å²) in [6.45, 7) is 0.596. The minimum Gasteiger partial charge on any atom is -0.488 e. The van der Waals surface area contributed by atoms with Crippen LogP contribution in [0.5, 0.6) is 5.75 Å². The summed E-state index contributed by atoms with van der Waals surface area (Å²) in [6, 6.07) is 20.9. The maximum absolute atomic E-state index is 14.5. The molecule has 2 aliphatic heterocycles. The lowest BCUT2D eigenvalue weighted by Gasteiger charge is -2.22. The number of nitrogens with zero attached hydrogens (tertiary/aromatic N) is 5. The van der Waals surface area contributed by atoms with Crippen molar-refractivity contribution in [3.63, 3.8) is 0 Å². The van der Waals surface area contributed by atoms with Crippen LogP contribution in [0.15, 0.2) is 91.1 Å². The van der Waals surface area contributed by atoms with Gasteiger partial charge in [-0.05, 0) is 61.4 Å². The number of carbonyl (C=O) groups excluding carboxylic acids is 5. The smallest absolute Gasteiger partial charge is 0.328 e. The van der Waals surface area contributed by atoms with Crippen LogP contribution in [0.4, 0.5) is 8.78 Å². The fourth-order valence-electron chi connectivity index (χ4n) is 6.92. The minimum atomic E-state index is -0.971. The first kappa shape index (κ1) is 37.5. The number of halogens is 2. The number of esters is 1. The van der Waals surface area contributed by atoms with Crippen molar-refractivity contribution < 1.29 is 42.2 Å². The van der Waals surface area contributed by atoms with Crippen LogP contribution in [-0.2, 0) is 16.6 Å². The summed E-state index contributed by atoms with van der Waals surface area (Å²) in [7, 11) is 2.75. The maximum Gasteiger partial charge on any atom is 0.328 e. The summed E-state index contributed by atoms with van der Waals surface area (Å²) in [6.07, 6.45) is 1.85. The first-order chi connectivity index (χ1) is 27.0. The number of ether oxygens (including phenoxy) is 2. The van der Waals surface area contributed by atoms with Gasteiger partial charge >= 0.3 is 5.97 Å². The van der Waals surface area contributed by atoms with E-state index >= 15 is 0 Å². The summed E-state index contributed by atoms with van der Waals surface area (Å²) >= 11 is 0. The van der Waals surface area contributed by atoms with E-state index in [1.807, 2.05) is 6.07 Å². The molecule has 0 bridgehead atoms. The highest BCUT2D eigenvalue weighted by molar-refractivity contribution is 6.21. The van der Waals surface area contributed by atoms with E-state index in [0.717, 1.165) is 12.1 Å². The number of likely N-dealkylation sites (tertiary alicyclic amines) is 1. The van der Waals surface area contributed by atoms with Crippen molar-refractivity contribution in [2.75, 3.05) is 26.7 Å². The highest BCUT2D eigenvalue weighted by atomic mass is 19.1. The van der Waals surface area contributed by atoms with Gasteiger partial charge in [0.25, 0.3) is 23.6 Å². The standard InChI is InChI=1S/C41H36F2N6O7/c1-47-35(22-45-36(47)30-16-15-25(42)20-31(30)43)40(53)49-23-27(21-34(49)41(54)55-2)56-26-10-7-9-24(19-26)32-13-8-14-33(46-32)37(50)44-17-5-6-18-48-38(51)28-11-3-4-12-29(28)39(48)52/h3-4,7-16,19-20,22,27,34H,5-6,17-18,21,23H2,1-2H3,(H,44,50)/t27-,34-/m0/s1. The summed E-state index contributed by atoms with van der Waals surface area (Å²) < 4.78 is 40.7. The summed E-state index contributed by atoms with van der Waals surface area (Å²) in [5.74, 6) is -3.22. The van der Waals surface area contributed by atoms with Gasteiger partial charge in [0.05, 0.1) is 42.2 Å². The predicted molar refractivity (Wildman–Crippen MR) is 197 cm³/mol. The topological polar surface area (TPSA) is 153 Å². The molecule has 2 atom stereocenters. The van der Waals surface area contributed by atoms with Gasteiger partial charge in [-0.2, -0.15) is 0 Å². The number of carbonyl (C=O) groups is 5. The molecule has 3 aromatic carbocycles. The zero-order chi connectivity index (χ0) is 39.5. The molecular weight excluding hydrogens is 726 g/mol. The number of hydrogen-bond acceptors (Lipinski definition) is 9. The van der Waals surface area contributed by atoms with E-state index in [4.69, 9.17) is 9.47 Å². The second kappa shape index (κ2) is 15.9. The molecule has 2 aromatic heterocycles. The Hall–Kier alpha value is -6.77. The first-order valence-corrected chi connectivity index (χ1v) is 17.9. The largest absolute Gasteiger partial charge is 0.488 e. The van der Waals surface area contributed by atoms with Gasteiger partial charge in [0.1, 0.15) is 46.7 Å². The zero-order valence-corrected chi connectivity index (χ0v) is 30.4. The zero-order valence-electron chi connectivity index (χ0n) is 30.4. The molecule has 56 heavy (non-hydrogen) atoms. The molecule has 0 unspecified atom stereocenters. The van der Waals surface area contributed by atoms with E-state index in [1.165, 1.54) is 40.8 Å². The Bertz CT molecular complexity index is 2330. The van der Waals surface area contributed by atoms with E-state index in [1.54, 1.807) is 60.7 Å². The quantitative estimate of drug-likeness (QED) is 0.104. The molecule has 1 N–H and O–H groups in total. The van der Waals surface area contributed by atoms with Crippen LogP contribution in [0.25, 0.3) is 22.6 Å². The number of fused-ring (bicyclic) bond motifs is 1. The third-order valence-electron chi connectivity index (χ3n) is 9.76. The van der Waals surface area contributed by atoms with Crippen LogP contribution in [0.3, 0.4) is 0 Å². The molecule has 0 radical (unpaired) electrons. The van der Waals surface area contributed by atoms with Crippen molar-refractivity contribution in [2.24, 2.45) is 7.05 Å². The Morgan fingerprint density at radius 2 is 1.64 bits per heavy atom. The lowest BCUT2D eigenvalue weighted by molar-refractivity contribution is -0.145. The van der Waals surface area contributed by atoms with Gasteiger partial charge in [-0.3, -0.25) is 24.1 Å². The maximum atomic E-state index is 14.5. The molecule has 1 saturated heterocycles. The Labute approximate surface area is 319 Å². The summed E-state index contributed by atoms with van der Waals surface area (Å²) in [5.41, 5.74) is 2.25. The molecule has 286 valence electrons. The first-order valence-electron chi connectivity index (χ1n) is 17.9. The van der Waals surface area contributed by atoms with Gasteiger partial charge in [0, 0.05) is 38.2 Å². The molecule has 4 heterocycles. The number of amides is 4. The molecule has 5 aromatic rings. The molecule has 13 nitrogen and oxygen atoms in total. The fourth-order valence-corrected chi connectivity index (χ4v) is 6.92. The molecule has 2 aliphatic rings. The van der Waals surface area contributed by atoms with Crippen LogP contribution in [-0.4, -0.2) is 92.8 Å². The number of imide groups is 1. The molecule has 1 fully saturated rings. The van der Waals surface area contributed by atoms with Crippen LogP contribution < -0.4 is 10.1 Å². The fraction of sp³-hybridized carbons (Fsp3) is 0.244. The van der Waals surface area contributed by atoms with Gasteiger partial charge in [0.15, 0.2) is 0 Å². The normalized spacial score (nSPS) is 16.2. The van der Waals surface area contributed by atoms with Gasteiger partial charge in [-0.1, -0.05) is 30.3 Å². The number of hydrogen-bond donors (Lipinski definition) is 1. The molecule has 0 saturated carbocycles. The van der Waals surface area contributed by atoms with Crippen LogP contribution in [0.2, 0.25) is 0 Å². The molecule has 0 aliphatic carbocycles. The molecule has 7 rings (SSSR count). The van der Waals surface area contributed by atoms with E-state index < -0.39 is 35.7 Å². The van der Waals surface area contributed by atoms with Gasteiger partial charge < -0.3 is 24.3 Å². The molecule has 0 spiro atoms. The monoisotopic (exact) mass is 762 g/mol. The van der Waals surface area contributed by atoms with Crippen molar-refractivity contribution >= 4 is 29.6 Å². The second-order valence-corrected chi connectivity index (χ2v) is 13.3. The minimum absolute atomic E-state index is 0.00962. The van der Waals surface area contributed by atoms with Crippen LogP contribution >= 0.6 is 0 Å². The van der Waals surface area contributed by atoms with E-state index in [-0.39, 0.29) is 60.0 Å². The predicted octanol–water partition coefficient (Wildman–Crippen LogP) is 5.07. The Kier molecular flexibility index (Phi) is 10.7. The summed E-state index contributed by atoms with van der Waals surface area (Å²) in [4.78, 5) is 76.1. The lowest BCUT2D eigenvalue weighted by Crippen LogP contribution is -2.42. The van der Waals surface area contributed by atoms with Gasteiger partial charge in [-0.25, -0.2) is 23.5 Å². The molecular formula is C41H36F2N6O7. The average molecular weight is 763 g/mol. The number of unbranched alkanes of at least 4 members (excludes halogenated alkanes) is 1. The Morgan fingerprint density at radius 3 is 2.38 bits per heavy atom. The van der Waals surface area contributed by atoms with E-state index in [0.29, 0.717) is 47.5 Å². The third-order valence-corrected chi connectivity index (χ3v) is 9.76. The third kappa shape index (κ3) is 7.47. The number of aromatic nitrogens is 3. The van der Waals surface area contributed by atoms with Gasteiger partial charge in [0.2, 0.25) is 0 Å². The van der Waals surface area contributed by atoms with Crippen LogP contribution in [0.1, 0.15) is 61.0 Å².